The second kappa shape index (κ2) is 5.31. The lowest BCUT2D eigenvalue weighted by atomic mass is 10.1. The van der Waals surface area contributed by atoms with Gasteiger partial charge >= 0.3 is 0 Å². The van der Waals surface area contributed by atoms with Crippen LogP contribution in [0.1, 0.15) is 42.5 Å². The van der Waals surface area contributed by atoms with E-state index in [1.54, 1.807) is 0 Å². The molecule has 1 fully saturated rings. The summed E-state index contributed by atoms with van der Waals surface area (Å²) in [6, 6.07) is 7.98. The van der Waals surface area contributed by atoms with Crippen LogP contribution < -0.4 is 5.73 Å². The largest absolute Gasteiger partial charge is 0.339 e. The molecule has 0 bridgehead atoms. The van der Waals surface area contributed by atoms with Crippen molar-refractivity contribution in [2.24, 2.45) is 5.73 Å². The molecule has 0 spiro atoms. The standard InChI is InChI=1S/C14H16ClN3O/c15-11-3-1-2-9(6-11)7-13-17-14(19-18-13)10-4-5-12(16)8-10/h1-3,6,10,12H,4-5,7-8,16H2. The molecule has 100 valence electrons. The van der Waals surface area contributed by atoms with Crippen molar-refractivity contribution >= 4 is 11.6 Å². The van der Waals surface area contributed by atoms with Crippen LogP contribution in [0.25, 0.3) is 0 Å². The lowest BCUT2D eigenvalue weighted by molar-refractivity contribution is 0.350. The van der Waals surface area contributed by atoms with E-state index < -0.39 is 0 Å². The molecule has 1 aromatic heterocycles. The summed E-state index contributed by atoms with van der Waals surface area (Å²) in [6.07, 6.45) is 3.66. The average Bonchev–Trinajstić information content (AvgIpc) is 2.98. The maximum Gasteiger partial charge on any atom is 0.229 e. The first-order chi connectivity index (χ1) is 9.20. The van der Waals surface area contributed by atoms with Gasteiger partial charge in [-0.05, 0) is 37.0 Å². The molecule has 2 atom stereocenters. The number of nitrogens with zero attached hydrogens (tertiary/aromatic N) is 2. The normalized spacial score (nSPS) is 22.8. The third kappa shape index (κ3) is 2.96. The lowest BCUT2D eigenvalue weighted by Crippen LogP contribution is -2.14. The van der Waals surface area contributed by atoms with Crippen molar-refractivity contribution in [1.82, 2.24) is 10.1 Å². The van der Waals surface area contributed by atoms with Gasteiger partial charge < -0.3 is 10.3 Å². The van der Waals surface area contributed by atoms with Crippen molar-refractivity contribution < 1.29 is 4.52 Å². The maximum atomic E-state index is 5.96. The van der Waals surface area contributed by atoms with Gasteiger partial charge in [-0.3, -0.25) is 0 Å². The highest BCUT2D eigenvalue weighted by atomic mass is 35.5. The van der Waals surface area contributed by atoms with Crippen molar-refractivity contribution in [1.29, 1.82) is 0 Å². The van der Waals surface area contributed by atoms with E-state index in [0.717, 1.165) is 35.7 Å². The Kier molecular flexibility index (Phi) is 3.53. The van der Waals surface area contributed by atoms with Crippen molar-refractivity contribution in [3.05, 3.63) is 46.6 Å². The summed E-state index contributed by atoms with van der Waals surface area (Å²) in [7, 11) is 0. The van der Waals surface area contributed by atoms with Crippen LogP contribution in [-0.2, 0) is 6.42 Å². The van der Waals surface area contributed by atoms with Gasteiger partial charge in [0.2, 0.25) is 5.89 Å². The average molecular weight is 278 g/mol. The minimum atomic E-state index is 0.272. The third-order valence-corrected chi connectivity index (χ3v) is 3.79. The van der Waals surface area contributed by atoms with Gasteiger partial charge in [0.25, 0.3) is 0 Å². The number of rotatable bonds is 3. The fraction of sp³-hybridized carbons (Fsp3) is 0.429. The van der Waals surface area contributed by atoms with E-state index >= 15 is 0 Å². The smallest absolute Gasteiger partial charge is 0.229 e. The Bertz CT molecular complexity index is 569. The summed E-state index contributed by atoms with van der Waals surface area (Å²) >= 11 is 5.96. The first-order valence-corrected chi connectivity index (χ1v) is 6.91. The fourth-order valence-electron chi connectivity index (χ4n) is 2.58. The molecule has 4 nitrogen and oxygen atoms in total. The van der Waals surface area contributed by atoms with Gasteiger partial charge in [0.15, 0.2) is 5.82 Å². The third-order valence-electron chi connectivity index (χ3n) is 3.56. The molecule has 2 N–H and O–H groups in total. The molecule has 0 amide bonds. The van der Waals surface area contributed by atoms with Crippen molar-refractivity contribution in [3.8, 4) is 0 Å². The van der Waals surface area contributed by atoms with Crippen LogP contribution in [0.5, 0.6) is 0 Å². The Hall–Kier alpha value is -1.39. The van der Waals surface area contributed by atoms with Gasteiger partial charge in [0.1, 0.15) is 0 Å². The number of aromatic nitrogens is 2. The summed E-state index contributed by atoms with van der Waals surface area (Å²) < 4.78 is 5.35. The molecule has 2 aromatic rings. The molecule has 19 heavy (non-hydrogen) atoms. The minimum absolute atomic E-state index is 0.272. The van der Waals surface area contributed by atoms with Crippen LogP contribution >= 0.6 is 11.6 Å². The molecule has 1 aromatic carbocycles. The molecule has 0 saturated heterocycles. The molecule has 1 aliphatic rings. The van der Waals surface area contributed by atoms with Gasteiger partial charge in [-0.1, -0.05) is 28.9 Å². The van der Waals surface area contributed by atoms with Gasteiger partial charge in [-0.25, -0.2) is 0 Å². The highest BCUT2D eigenvalue weighted by molar-refractivity contribution is 6.30. The van der Waals surface area contributed by atoms with E-state index in [1.165, 1.54) is 0 Å². The van der Waals surface area contributed by atoms with Crippen molar-refractivity contribution in [2.75, 3.05) is 0 Å². The summed E-state index contributed by atoms with van der Waals surface area (Å²) in [4.78, 5) is 4.48. The van der Waals surface area contributed by atoms with Crippen molar-refractivity contribution in [2.45, 2.75) is 37.6 Å². The number of hydrogen-bond donors (Lipinski definition) is 1. The van der Waals surface area contributed by atoms with Crippen LogP contribution in [0.3, 0.4) is 0 Å². The number of nitrogens with two attached hydrogens (primary N) is 1. The minimum Gasteiger partial charge on any atom is -0.339 e. The first-order valence-electron chi connectivity index (χ1n) is 6.53. The molecule has 1 saturated carbocycles. The van der Waals surface area contributed by atoms with E-state index in [9.17, 15) is 0 Å². The van der Waals surface area contributed by atoms with Crippen LogP contribution in [0.15, 0.2) is 28.8 Å². The monoisotopic (exact) mass is 277 g/mol. The zero-order valence-corrected chi connectivity index (χ0v) is 11.3. The fourth-order valence-corrected chi connectivity index (χ4v) is 2.79. The maximum absolute atomic E-state index is 5.96. The summed E-state index contributed by atoms with van der Waals surface area (Å²) in [5.74, 6) is 1.76. The topological polar surface area (TPSA) is 64.9 Å². The van der Waals surface area contributed by atoms with Crippen LogP contribution in [0.4, 0.5) is 0 Å². The quantitative estimate of drug-likeness (QED) is 0.937. The van der Waals surface area contributed by atoms with Crippen LogP contribution in [0, 0.1) is 0 Å². The molecule has 0 radical (unpaired) electrons. The zero-order chi connectivity index (χ0) is 13.2. The van der Waals surface area contributed by atoms with E-state index in [-0.39, 0.29) is 6.04 Å². The molecular weight excluding hydrogens is 262 g/mol. The Labute approximate surface area is 117 Å². The van der Waals surface area contributed by atoms with Gasteiger partial charge in [-0.2, -0.15) is 4.98 Å². The number of halogens is 1. The van der Waals surface area contributed by atoms with Crippen LogP contribution in [0.2, 0.25) is 5.02 Å². The second-order valence-electron chi connectivity index (χ2n) is 5.13. The predicted octanol–water partition coefficient (Wildman–Crippen LogP) is 2.91. The van der Waals surface area contributed by atoms with E-state index in [2.05, 4.69) is 10.1 Å². The Balaban J connectivity index is 1.71. The van der Waals surface area contributed by atoms with Gasteiger partial charge in [0.05, 0.1) is 0 Å². The van der Waals surface area contributed by atoms with Crippen molar-refractivity contribution in [3.63, 3.8) is 0 Å². The highest BCUT2D eigenvalue weighted by Gasteiger charge is 2.27. The molecule has 0 aliphatic heterocycles. The van der Waals surface area contributed by atoms with Gasteiger partial charge in [0, 0.05) is 23.4 Å². The second-order valence-corrected chi connectivity index (χ2v) is 5.56. The summed E-state index contributed by atoms with van der Waals surface area (Å²) in [5, 5.41) is 4.77. The first kappa shape index (κ1) is 12.6. The zero-order valence-electron chi connectivity index (χ0n) is 10.6. The summed E-state index contributed by atoms with van der Waals surface area (Å²) in [6.45, 7) is 0. The molecule has 3 rings (SSSR count). The van der Waals surface area contributed by atoms with E-state index in [0.29, 0.717) is 18.2 Å². The predicted molar refractivity (Wildman–Crippen MR) is 73.1 cm³/mol. The van der Waals surface area contributed by atoms with Crippen LogP contribution in [-0.4, -0.2) is 16.2 Å². The SMILES string of the molecule is NC1CCC(c2nc(Cc3cccc(Cl)c3)no2)C1. The molecular formula is C14H16ClN3O. The Morgan fingerprint density at radius 3 is 3.00 bits per heavy atom. The molecule has 1 aliphatic carbocycles. The van der Waals surface area contributed by atoms with E-state index in [4.69, 9.17) is 21.9 Å². The molecule has 1 heterocycles. The molecule has 5 heteroatoms. The number of benzene rings is 1. The lowest BCUT2D eigenvalue weighted by Gasteiger charge is -2.01. The Morgan fingerprint density at radius 2 is 2.26 bits per heavy atom. The Morgan fingerprint density at radius 1 is 1.37 bits per heavy atom. The molecule has 2 unspecified atom stereocenters. The summed E-state index contributed by atoms with van der Waals surface area (Å²) in [5.41, 5.74) is 6.99. The van der Waals surface area contributed by atoms with Gasteiger partial charge in [-0.15, -0.1) is 0 Å². The highest BCUT2D eigenvalue weighted by Crippen LogP contribution is 2.32. The van der Waals surface area contributed by atoms with E-state index in [1.807, 2.05) is 24.3 Å². The number of hydrogen-bond acceptors (Lipinski definition) is 4.